The minimum atomic E-state index is -2.56. The van der Waals surface area contributed by atoms with Crippen LogP contribution in [-0.2, 0) is 10.3 Å². The Balaban J connectivity index is 3.62. The van der Waals surface area contributed by atoms with E-state index in [4.69, 9.17) is 10.8 Å². The highest BCUT2D eigenvalue weighted by Gasteiger charge is 2.38. The summed E-state index contributed by atoms with van der Waals surface area (Å²) in [7, 11) is 0. The van der Waals surface area contributed by atoms with Gasteiger partial charge >= 0.3 is 5.97 Å². The first-order valence-electron chi connectivity index (χ1n) is 4.05. The number of carboxylic acids is 1. The number of nitrogens with two attached hydrogens (primary N) is 1. The van der Waals surface area contributed by atoms with Gasteiger partial charge in [0.25, 0.3) is 0 Å². The number of benzene rings is 1. The van der Waals surface area contributed by atoms with Crippen LogP contribution < -0.4 is 5.73 Å². The Kier molecular flexibility index (Phi) is 2.91. The molecule has 88 valence electrons. The first-order valence-corrected chi connectivity index (χ1v) is 4.05. The van der Waals surface area contributed by atoms with Gasteiger partial charge in [-0.05, 0) is 6.92 Å². The molecule has 0 fully saturated rings. The molecule has 0 aliphatic rings. The van der Waals surface area contributed by atoms with Crippen LogP contribution >= 0.6 is 0 Å². The first kappa shape index (κ1) is 12.4. The maximum absolute atomic E-state index is 13.2. The van der Waals surface area contributed by atoms with Gasteiger partial charge in [-0.15, -0.1) is 0 Å². The lowest BCUT2D eigenvalue weighted by Gasteiger charge is -2.21. The van der Waals surface area contributed by atoms with Gasteiger partial charge in [0.15, 0.2) is 23.3 Å². The van der Waals surface area contributed by atoms with E-state index in [1.165, 1.54) is 0 Å². The Morgan fingerprint density at radius 1 is 1.25 bits per heavy atom. The summed E-state index contributed by atoms with van der Waals surface area (Å²) in [5, 5.41) is 8.62. The predicted molar refractivity (Wildman–Crippen MR) is 45.4 cm³/mol. The third-order valence-electron chi connectivity index (χ3n) is 2.08. The van der Waals surface area contributed by atoms with Crippen molar-refractivity contribution in [2.45, 2.75) is 12.5 Å². The van der Waals surface area contributed by atoms with Gasteiger partial charge in [0, 0.05) is 6.07 Å². The minimum absolute atomic E-state index is 0.0217. The molecule has 0 aliphatic carbocycles. The molecule has 0 amide bonds. The lowest BCUT2D eigenvalue weighted by atomic mass is 9.92. The zero-order chi connectivity index (χ0) is 12.7. The van der Waals surface area contributed by atoms with Crippen molar-refractivity contribution in [2.75, 3.05) is 0 Å². The molecular formula is C9H7F4NO2. The zero-order valence-corrected chi connectivity index (χ0v) is 8.02. The molecular weight excluding hydrogens is 230 g/mol. The Morgan fingerprint density at radius 3 is 1.94 bits per heavy atom. The van der Waals surface area contributed by atoms with Crippen molar-refractivity contribution in [3.63, 3.8) is 0 Å². The summed E-state index contributed by atoms with van der Waals surface area (Å²) in [5.74, 6) is -8.84. The molecule has 0 heterocycles. The van der Waals surface area contributed by atoms with E-state index in [-0.39, 0.29) is 6.07 Å². The molecule has 1 rings (SSSR count). The number of rotatable bonds is 2. The lowest BCUT2D eigenvalue weighted by molar-refractivity contribution is -0.143. The fourth-order valence-electron chi connectivity index (χ4n) is 1.14. The molecule has 0 saturated heterocycles. The van der Waals surface area contributed by atoms with E-state index >= 15 is 0 Å². The fraction of sp³-hybridized carbons (Fsp3) is 0.222. The lowest BCUT2D eigenvalue weighted by Crippen LogP contribution is -2.43. The summed E-state index contributed by atoms with van der Waals surface area (Å²) in [6.07, 6.45) is 0. The van der Waals surface area contributed by atoms with Crippen LogP contribution in [0.15, 0.2) is 6.07 Å². The largest absolute Gasteiger partial charge is 0.480 e. The highest BCUT2D eigenvalue weighted by atomic mass is 19.2. The second kappa shape index (κ2) is 3.75. The monoisotopic (exact) mass is 237 g/mol. The number of carbonyl (C=O) groups is 1. The standard InChI is InChI=1S/C9H7F4NO2/c1-9(14,8(15)16)5-6(12)3(10)2-4(11)7(5)13/h2H,14H2,1H3,(H,15,16)/t9-/m0/s1. The van der Waals surface area contributed by atoms with Crippen LogP contribution in [0, 0.1) is 23.3 Å². The van der Waals surface area contributed by atoms with E-state index in [0.717, 1.165) is 6.92 Å². The van der Waals surface area contributed by atoms with Crippen LogP contribution in [0.2, 0.25) is 0 Å². The van der Waals surface area contributed by atoms with Crippen LogP contribution in [0.4, 0.5) is 17.6 Å². The molecule has 7 heteroatoms. The van der Waals surface area contributed by atoms with Crippen molar-refractivity contribution >= 4 is 5.97 Å². The Hall–Kier alpha value is -1.63. The molecule has 0 saturated carbocycles. The molecule has 3 N–H and O–H groups in total. The molecule has 1 aromatic rings. The third kappa shape index (κ3) is 1.73. The Bertz CT molecular complexity index is 433. The van der Waals surface area contributed by atoms with E-state index in [1.807, 2.05) is 0 Å². The van der Waals surface area contributed by atoms with Crippen LogP contribution in [0.1, 0.15) is 12.5 Å². The van der Waals surface area contributed by atoms with E-state index in [9.17, 15) is 22.4 Å². The van der Waals surface area contributed by atoms with Crippen molar-refractivity contribution in [1.29, 1.82) is 0 Å². The number of aliphatic carboxylic acids is 1. The van der Waals surface area contributed by atoms with Crippen molar-refractivity contribution in [3.8, 4) is 0 Å². The molecule has 1 aromatic carbocycles. The average Bonchev–Trinajstić information content (AvgIpc) is 2.14. The molecule has 0 spiro atoms. The zero-order valence-electron chi connectivity index (χ0n) is 8.02. The van der Waals surface area contributed by atoms with Crippen LogP contribution in [-0.4, -0.2) is 11.1 Å². The van der Waals surface area contributed by atoms with Gasteiger partial charge in [-0.2, -0.15) is 0 Å². The highest BCUT2D eigenvalue weighted by Crippen LogP contribution is 2.28. The Morgan fingerprint density at radius 2 is 1.62 bits per heavy atom. The van der Waals surface area contributed by atoms with E-state index in [0.29, 0.717) is 0 Å². The molecule has 0 radical (unpaired) electrons. The number of carboxylic acid groups (broad SMARTS) is 1. The molecule has 0 aliphatic heterocycles. The fourth-order valence-corrected chi connectivity index (χ4v) is 1.14. The van der Waals surface area contributed by atoms with Gasteiger partial charge in [0.2, 0.25) is 0 Å². The maximum atomic E-state index is 13.2. The highest BCUT2D eigenvalue weighted by molar-refractivity contribution is 5.80. The summed E-state index contributed by atoms with van der Waals surface area (Å²) < 4.78 is 51.9. The molecule has 0 unspecified atom stereocenters. The quantitative estimate of drug-likeness (QED) is 0.605. The summed E-state index contributed by atoms with van der Waals surface area (Å²) in [6, 6.07) is -0.0217. The van der Waals surface area contributed by atoms with Crippen molar-refractivity contribution in [3.05, 3.63) is 34.9 Å². The smallest absolute Gasteiger partial charge is 0.328 e. The maximum Gasteiger partial charge on any atom is 0.328 e. The second-order valence-corrected chi connectivity index (χ2v) is 3.35. The van der Waals surface area contributed by atoms with Gasteiger partial charge in [-0.1, -0.05) is 0 Å². The van der Waals surface area contributed by atoms with Crippen LogP contribution in [0.3, 0.4) is 0 Å². The van der Waals surface area contributed by atoms with Gasteiger partial charge in [0.05, 0.1) is 5.56 Å². The van der Waals surface area contributed by atoms with Crippen LogP contribution in [0.25, 0.3) is 0 Å². The van der Waals surface area contributed by atoms with E-state index in [2.05, 4.69) is 0 Å². The molecule has 1 atom stereocenters. The topological polar surface area (TPSA) is 63.3 Å². The molecule has 3 nitrogen and oxygen atoms in total. The van der Waals surface area contributed by atoms with Gasteiger partial charge in [0.1, 0.15) is 5.54 Å². The van der Waals surface area contributed by atoms with Crippen molar-refractivity contribution in [1.82, 2.24) is 0 Å². The number of halogens is 4. The second-order valence-electron chi connectivity index (χ2n) is 3.35. The molecule has 0 aromatic heterocycles. The normalized spacial score (nSPS) is 14.6. The third-order valence-corrected chi connectivity index (χ3v) is 2.08. The predicted octanol–water partition coefficient (Wildman–Crippen LogP) is 1.50. The summed E-state index contributed by atoms with van der Waals surface area (Å²) in [6.45, 7) is 0.732. The van der Waals surface area contributed by atoms with Gasteiger partial charge in [-0.25, -0.2) is 22.4 Å². The number of hydrogen-bond donors (Lipinski definition) is 2. The van der Waals surface area contributed by atoms with E-state index in [1.54, 1.807) is 0 Å². The van der Waals surface area contributed by atoms with Crippen molar-refractivity contribution in [2.24, 2.45) is 5.73 Å². The summed E-state index contributed by atoms with van der Waals surface area (Å²) in [4.78, 5) is 10.6. The molecule has 0 bridgehead atoms. The average molecular weight is 237 g/mol. The first-order chi connectivity index (χ1) is 7.19. The minimum Gasteiger partial charge on any atom is -0.480 e. The van der Waals surface area contributed by atoms with Gasteiger partial charge < -0.3 is 10.8 Å². The SMILES string of the molecule is C[C@@](N)(C(=O)O)c1c(F)c(F)cc(F)c1F. The number of hydrogen-bond acceptors (Lipinski definition) is 2. The van der Waals surface area contributed by atoms with Crippen molar-refractivity contribution < 1.29 is 27.5 Å². The summed E-state index contributed by atoms with van der Waals surface area (Å²) in [5.41, 5.74) is 1.20. The van der Waals surface area contributed by atoms with Gasteiger partial charge in [-0.3, -0.25) is 0 Å². The molecule has 16 heavy (non-hydrogen) atoms. The summed E-state index contributed by atoms with van der Waals surface area (Å²) >= 11 is 0. The van der Waals surface area contributed by atoms with Crippen LogP contribution in [0.5, 0.6) is 0 Å². The Labute approximate surface area is 87.5 Å². The van der Waals surface area contributed by atoms with E-state index < -0.39 is 40.3 Å².